The summed E-state index contributed by atoms with van der Waals surface area (Å²) < 4.78 is 2.03. The topological polar surface area (TPSA) is 93.7 Å². The van der Waals surface area contributed by atoms with Crippen LogP contribution in [0.15, 0.2) is 18.7 Å². The first-order chi connectivity index (χ1) is 10.1. The number of anilines is 2. The van der Waals surface area contributed by atoms with Gasteiger partial charge in [0.25, 0.3) is 0 Å². The molecule has 0 aliphatic rings. The lowest BCUT2D eigenvalue weighted by molar-refractivity contribution is 0.615. The van der Waals surface area contributed by atoms with E-state index >= 15 is 0 Å². The number of hydrogen-bond acceptors (Lipinski definition) is 6. The molecule has 0 fully saturated rings. The van der Waals surface area contributed by atoms with Crippen molar-refractivity contribution in [1.29, 1.82) is 0 Å². The fourth-order valence-electron chi connectivity index (χ4n) is 2.17. The van der Waals surface area contributed by atoms with Crippen LogP contribution >= 0.6 is 0 Å². The van der Waals surface area contributed by atoms with Crippen molar-refractivity contribution >= 4 is 11.6 Å². The summed E-state index contributed by atoms with van der Waals surface area (Å²) in [7, 11) is 0. The Labute approximate surface area is 125 Å². The van der Waals surface area contributed by atoms with E-state index in [9.17, 15) is 0 Å². The highest BCUT2D eigenvalue weighted by atomic mass is 15.3. The lowest BCUT2D eigenvalue weighted by Crippen LogP contribution is -2.24. The Bertz CT molecular complexity index is 565. The van der Waals surface area contributed by atoms with Crippen LogP contribution in [0, 0.1) is 6.92 Å². The van der Waals surface area contributed by atoms with Crippen LogP contribution in [0.5, 0.6) is 0 Å². The van der Waals surface area contributed by atoms with Gasteiger partial charge in [0.15, 0.2) is 0 Å². The van der Waals surface area contributed by atoms with Gasteiger partial charge in [-0.25, -0.2) is 20.8 Å². The minimum Gasteiger partial charge on any atom is -0.365 e. The molecule has 4 N–H and O–H groups in total. The molecule has 114 valence electrons. The van der Waals surface area contributed by atoms with Crippen LogP contribution in [0.25, 0.3) is 0 Å². The average Bonchev–Trinajstić information content (AvgIpc) is 2.95. The van der Waals surface area contributed by atoms with Crippen molar-refractivity contribution in [3.8, 4) is 0 Å². The molecule has 0 amide bonds. The number of hydrogen-bond donors (Lipinski definition) is 3. The number of nitrogens with zero attached hydrogens (tertiary/aromatic N) is 4. The van der Waals surface area contributed by atoms with E-state index in [0.717, 1.165) is 36.6 Å². The SMILES string of the molecule is CCCc1nc(NN)c(C)c(NC(C)Cn2ccnc2)n1. The molecule has 2 heterocycles. The molecule has 1 atom stereocenters. The lowest BCUT2D eigenvalue weighted by atomic mass is 10.2. The number of aromatic nitrogens is 4. The monoisotopic (exact) mass is 289 g/mol. The van der Waals surface area contributed by atoms with E-state index in [0.29, 0.717) is 5.82 Å². The van der Waals surface area contributed by atoms with Crippen LogP contribution in [0.3, 0.4) is 0 Å². The maximum Gasteiger partial charge on any atom is 0.148 e. The van der Waals surface area contributed by atoms with Crippen molar-refractivity contribution in [3.63, 3.8) is 0 Å². The summed E-state index contributed by atoms with van der Waals surface area (Å²) in [6, 6.07) is 0.216. The molecule has 0 saturated heterocycles. The fourth-order valence-corrected chi connectivity index (χ4v) is 2.17. The molecule has 0 aliphatic heterocycles. The first-order valence-corrected chi connectivity index (χ1v) is 7.20. The van der Waals surface area contributed by atoms with Gasteiger partial charge in [-0.15, -0.1) is 0 Å². The molecule has 0 bridgehead atoms. The molecule has 2 aromatic heterocycles. The van der Waals surface area contributed by atoms with E-state index in [-0.39, 0.29) is 6.04 Å². The number of aryl methyl sites for hydroxylation is 1. The second-order valence-electron chi connectivity index (χ2n) is 5.16. The van der Waals surface area contributed by atoms with Crippen molar-refractivity contribution in [2.75, 3.05) is 10.7 Å². The van der Waals surface area contributed by atoms with Crippen molar-refractivity contribution in [1.82, 2.24) is 19.5 Å². The molecule has 7 nitrogen and oxygen atoms in total. The zero-order valence-corrected chi connectivity index (χ0v) is 12.8. The summed E-state index contributed by atoms with van der Waals surface area (Å²) in [5, 5.41) is 3.43. The van der Waals surface area contributed by atoms with Gasteiger partial charge < -0.3 is 15.3 Å². The Morgan fingerprint density at radius 3 is 2.71 bits per heavy atom. The Balaban J connectivity index is 2.15. The zero-order valence-electron chi connectivity index (χ0n) is 12.8. The number of nitrogens with two attached hydrogens (primary N) is 1. The average molecular weight is 289 g/mol. The van der Waals surface area contributed by atoms with Crippen molar-refractivity contribution < 1.29 is 0 Å². The van der Waals surface area contributed by atoms with Crippen LogP contribution < -0.4 is 16.6 Å². The second kappa shape index (κ2) is 7.03. The number of imidazole rings is 1. The molecule has 0 aliphatic carbocycles. The summed E-state index contributed by atoms with van der Waals surface area (Å²) >= 11 is 0. The van der Waals surface area contributed by atoms with Crippen LogP contribution in [0.1, 0.15) is 31.7 Å². The van der Waals surface area contributed by atoms with Crippen molar-refractivity contribution in [2.24, 2.45) is 5.84 Å². The van der Waals surface area contributed by atoms with Crippen LogP contribution in [-0.2, 0) is 13.0 Å². The maximum atomic E-state index is 5.54. The third kappa shape index (κ3) is 3.91. The summed E-state index contributed by atoms with van der Waals surface area (Å²) in [6.07, 6.45) is 7.36. The fraction of sp³-hybridized carbons (Fsp3) is 0.500. The number of rotatable bonds is 7. The van der Waals surface area contributed by atoms with Crippen LogP contribution in [0.4, 0.5) is 11.6 Å². The van der Waals surface area contributed by atoms with Gasteiger partial charge in [-0.05, 0) is 20.3 Å². The molecular formula is C14H23N7. The molecule has 21 heavy (non-hydrogen) atoms. The standard InChI is InChI=1S/C14H23N7/c1-4-5-12-18-13(11(3)14(19-12)20-15)17-10(2)8-21-7-6-16-9-21/h6-7,9-10H,4-5,8,15H2,1-3H3,(H2,17,18,19,20). The van der Waals surface area contributed by atoms with Gasteiger partial charge in [0.05, 0.1) is 6.33 Å². The zero-order chi connectivity index (χ0) is 15.2. The van der Waals surface area contributed by atoms with Crippen LogP contribution in [0.2, 0.25) is 0 Å². The number of hydrazine groups is 1. The summed E-state index contributed by atoms with van der Waals surface area (Å²) in [4.78, 5) is 13.1. The van der Waals surface area contributed by atoms with Crippen molar-refractivity contribution in [2.45, 2.75) is 46.2 Å². The van der Waals surface area contributed by atoms with Gasteiger partial charge >= 0.3 is 0 Å². The highest BCUT2D eigenvalue weighted by Crippen LogP contribution is 2.20. The Morgan fingerprint density at radius 2 is 2.10 bits per heavy atom. The second-order valence-corrected chi connectivity index (χ2v) is 5.16. The van der Waals surface area contributed by atoms with E-state index in [1.54, 1.807) is 12.5 Å². The van der Waals surface area contributed by atoms with Gasteiger partial charge in [-0.2, -0.15) is 0 Å². The van der Waals surface area contributed by atoms with Gasteiger partial charge in [0, 0.05) is 37.0 Å². The molecule has 7 heteroatoms. The predicted molar refractivity (Wildman–Crippen MR) is 83.9 cm³/mol. The molecule has 0 spiro atoms. The summed E-state index contributed by atoms with van der Waals surface area (Å²) in [5.41, 5.74) is 3.57. The third-order valence-corrected chi connectivity index (χ3v) is 3.23. The molecule has 0 radical (unpaired) electrons. The normalized spacial score (nSPS) is 12.2. The first kappa shape index (κ1) is 15.2. The van der Waals surface area contributed by atoms with Crippen LogP contribution in [-0.4, -0.2) is 25.6 Å². The van der Waals surface area contributed by atoms with Gasteiger partial charge in [0.1, 0.15) is 17.5 Å². The smallest absolute Gasteiger partial charge is 0.148 e. The van der Waals surface area contributed by atoms with E-state index in [2.05, 4.69) is 39.5 Å². The molecule has 2 rings (SSSR count). The summed E-state index contributed by atoms with van der Waals surface area (Å²) in [5.74, 6) is 7.84. The van der Waals surface area contributed by atoms with E-state index in [1.807, 2.05) is 17.7 Å². The predicted octanol–water partition coefficient (Wildman–Crippen LogP) is 1.72. The van der Waals surface area contributed by atoms with E-state index in [4.69, 9.17) is 5.84 Å². The third-order valence-electron chi connectivity index (χ3n) is 3.23. The number of nitrogens with one attached hydrogen (secondary N) is 2. The molecule has 1 unspecified atom stereocenters. The first-order valence-electron chi connectivity index (χ1n) is 7.20. The quantitative estimate of drug-likeness (QED) is 0.531. The van der Waals surface area contributed by atoms with Gasteiger partial charge in [-0.1, -0.05) is 6.92 Å². The molecule has 2 aromatic rings. The van der Waals surface area contributed by atoms with Gasteiger partial charge in [0.2, 0.25) is 0 Å². The molecule has 0 saturated carbocycles. The van der Waals surface area contributed by atoms with E-state index in [1.165, 1.54) is 0 Å². The minimum absolute atomic E-state index is 0.216. The largest absolute Gasteiger partial charge is 0.365 e. The maximum absolute atomic E-state index is 5.54. The Kier molecular flexibility index (Phi) is 5.10. The van der Waals surface area contributed by atoms with Gasteiger partial charge in [-0.3, -0.25) is 0 Å². The highest BCUT2D eigenvalue weighted by molar-refractivity contribution is 5.57. The molecular weight excluding hydrogens is 266 g/mol. The van der Waals surface area contributed by atoms with Crippen molar-refractivity contribution in [3.05, 3.63) is 30.1 Å². The number of nitrogen functional groups attached to an aromatic ring is 1. The Hall–Kier alpha value is -2.15. The summed E-state index contributed by atoms with van der Waals surface area (Å²) in [6.45, 7) is 6.99. The molecule has 0 aromatic carbocycles. The lowest BCUT2D eigenvalue weighted by Gasteiger charge is -2.18. The van der Waals surface area contributed by atoms with E-state index < -0.39 is 0 Å². The highest BCUT2D eigenvalue weighted by Gasteiger charge is 2.12. The minimum atomic E-state index is 0.216. The Morgan fingerprint density at radius 1 is 1.33 bits per heavy atom.